The predicted molar refractivity (Wildman–Crippen MR) is 70.1 cm³/mol. The predicted octanol–water partition coefficient (Wildman–Crippen LogP) is 3.67. The van der Waals surface area contributed by atoms with Gasteiger partial charge in [-0.1, -0.05) is 46.3 Å². The summed E-state index contributed by atoms with van der Waals surface area (Å²) in [7, 11) is 1.72. The van der Waals surface area contributed by atoms with Gasteiger partial charge in [0.1, 0.15) is 0 Å². The van der Waals surface area contributed by atoms with E-state index in [0.717, 1.165) is 15.2 Å². The lowest BCUT2D eigenvalue weighted by Crippen LogP contribution is -1.95. The molecule has 0 saturated carbocycles. The first kappa shape index (κ1) is 11.9. The van der Waals surface area contributed by atoms with Crippen molar-refractivity contribution in [3.05, 3.63) is 46.4 Å². The third-order valence-electron chi connectivity index (χ3n) is 2.21. The van der Waals surface area contributed by atoms with Gasteiger partial charge in [0.05, 0.1) is 5.75 Å². The van der Waals surface area contributed by atoms with Crippen LogP contribution in [0.5, 0.6) is 0 Å². The molecule has 0 aliphatic heterocycles. The molecule has 0 N–H and O–H groups in total. The fourth-order valence-electron chi connectivity index (χ4n) is 1.60. The van der Waals surface area contributed by atoms with E-state index in [0.29, 0.717) is 5.56 Å². The zero-order chi connectivity index (χ0) is 11.8. The normalized spacial score (nSPS) is 11.9. The Bertz CT molecular complexity index is 637. The molecule has 0 heterocycles. The Balaban J connectivity index is 2.58. The van der Waals surface area contributed by atoms with Crippen molar-refractivity contribution >= 4 is 46.4 Å². The molecule has 0 spiro atoms. The molecule has 0 aliphatic carbocycles. The minimum Gasteiger partial charge on any atom is -0.212 e. The van der Waals surface area contributed by atoms with Crippen LogP contribution in [0.15, 0.2) is 40.9 Å². The van der Waals surface area contributed by atoms with Crippen LogP contribution < -0.4 is 0 Å². The Morgan fingerprint density at radius 3 is 2.56 bits per heavy atom. The van der Waals surface area contributed by atoms with Gasteiger partial charge < -0.3 is 0 Å². The Morgan fingerprint density at radius 2 is 1.88 bits per heavy atom. The lowest BCUT2D eigenvalue weighted by Gasteiger charge is -2.04. The van der Waals surface area contributed by atoms with Gasteiger partial charge in [-0.3, -0.25) is 0 Å². The van der Waals surface area contributed by atoms with Crippen molar-refractivity contribution in [3.63, 3.8) is 0 Å². The van der Waals surface area contributed by atoms with E-state index in [4.69, 9.17) is 10.7 Å². The highest BCUT2D eigenvalue weighted by Crippen LogP contribution is 2.26. The van der Waals surface area contributed by atoms with Crippen LogP contribution in [0.2, 0.25) is 0 Å². The van der Waals surface area contributed by atoms with E-state index in [1.807, 2.05) is 30.3 Å². The molecular formula is C11H8BrClO2S. The summed E-state index contributed by atoms with van der Waals surface area (Å²) >= 11 is 3.42. The molecule has 0 atom stereocenters. The van der Waals surface area contributed by atoms with Crippen LogP contribution in [0.4, 0.5) is 0 Å². The van der Waals surface area contributed by atoms with E-state index in [1.54, 1.807) is 6.07 Å². The molecule has 0 amide bonds. The average Bonchev–Trinajstić information content (AvgIpc) is 2.15. The van der Waals surface area contributed by atoms with E-state index < -0.39 is 9.05 Å². The van der Waals surface area contributed by atoms with E-state index in [1.165, 1.54) is 0 Å². The van der Waals surface area contributed by atoms with Gasteiger partial charge in [-0.05, 0) is 22.4 Å². The first-order valence-electron chi connectivity index (χ1n) is 4.55. The summed E-state index contributed by atoms with van der Waals surface area (Å²) < 4.78 is 22.9. The molecule has 0 bridgehead atoms. The highest BCUT2D eigenvalue weighted by molar-refractivity contribution is 9.10. The van der Waals surface area contributed by atoms with E-state index in [2.05, 4.69) is 15.9 Å². The van der Waals surface area contributed by atoms with Crippen LogP contribution in [-0.4, -0.2) is 8.42 Å². The molecule has 2 rings (SSSR count). The molecule has 0 aromatic heterocycles. The molecule has 0 unspecified atom stereocenters. The van der Waals surface area contributed by atoms with Crippen molar-refractivity contribution in [2.45, 2.75) is 5.75 Å². The van der Waals surface area contributed by atoms with Gasteiger partial charge in [0.25, 0.3) is 0 Å². The fourth-order valence-corrected chi connectivity index (χ4v) is 3.20. The van der Waals surface area contributed by atoms with Gasteiger partial charge in [0.2, 0.25) is 9.05 Å². The number of hydrogen-bond acceptors (Lipinski definition) is 2. The van der Waals surface area contributed by atoms with E-state index >= 15 is 0 Å². The van der Waals surface area contributed by atoms with Crippen molar-refractivity contribution in [2.24, 2.45) is 0 Å². The molecule has 2 nitrogen and oxygen atoms in total. The minimum absolute atomic E-state index is 0.155. The van der Waals surface area contributed by atoms with Crippen molar-refractivity contribution in [1.29, 1.82) is 0 Å². The van der Waals surface area contributed by atoms with Crippen molar-refractivity contribution in [3.8, 4) is 0 Å². The van der Waals surface area contributed by atoms with Crippen LogP contribution in [0.3, 0.4) is 0 Å². The molecule has 0 saturated heterocycles. The maximum atomic E-state index is 11.0. The van der Waals surface area contributed by atoms with Gasteiger partial charge in [-0.15, -0.1) is 0 Å². The van der Waals surface area contributed by atoms with Gasteiger partial charge in [-0.25, -0.2) is 8.42 Å². The molecule has 0 fully saturated rings. The van der Waals surface area contributed by atoms with Gasteiger partial charge >= 0.3 is 0 Å². The highest BCUT2D eigenvalue weighted by Gasteiger charge is 2.09. The Hall–Kier alpha value is -0.580. The quantitative estimate of drug-likeness (QED) is 0.792. The SMILES string of the molecule is O=S(=O)(Cl)Cc1cc(Br)c2ccccc2c1. The second-order valence-corrected chi connectivity index (χ2v) is 7.11. The van der Waals surface area contributed by atoms with Crippen LogP contribution in [0.1, 0.15) is 5.56 Å². The third kappa shape index (κ3) is 2.75. The summed E-state index contributed by atoms with van der Waals surface area (Å²) in [5.74, 6) is -0.155. The largest absolute Gasteiger partial charge is 0.236 e. The standard InChI is InChI=1S/C11H8BrClO2S/c12-11-6-8(7-16(13,14)15)5-9-3-1-2-4-10(9)11/h1-6H,7H2. The van der Waals surface area contributed by atoms with E-state index in [9.17, 15) is 8.42 Å². The average molecular weight is 320 g/mol. The molecule has 0 radical (unpaired) electrons. The fraction of sp³-hybridized carbons (Fsp3) is 0.0909. The molecule has 16 heavy (non-hydrogen) atoms. The van der Waals surface area contributed by atoms with Crippen LogP contribution in [0.25, 0.3) is 10.8 Å². The Morgan fingerprint density at radius 1 is 1.19 bits per heavy atom. The number of hydrogen-bond donors (Lipinski definition) is 0. The Labute approximate surface area is 107 Å². The second-order valence-electron chi connectivity index (χ2n) is 3.48. The molecular weight excluding hydrogens is 312 g/mol. The van der Waals surface area contributed by atoms with E-state index in [-0.39, 0.29) is 5.75 Å². The van der Waals surface area contributed by atoms with Crippen molar-refractivity contribution in [1.82, 2.24) is 0 Å². The maximum Gasteiger partial charge on any atom is 0.236 e. The van der Waals surface area contributed by atoms with Gasteiger partial charge in [0, 0.05) is 15.2 Å². The smallest absolute Gasteiger partial charge is 0.212 e. The molecule has 5 heteroatoms. The maximum absolute atomic E-state index is 11.0. The number of benzene rings is 2. The zero-order valence-corrected chi connectivity index (χ0v) is 11.3. The molecule has 2 aromatic rings. The number of rotatable bonds is 2. The lowest BCUT2D eigenvalue weighted by atomic mass is 10.1. The first-order chi connectivity index (χ1) is 7.46. The van der Waals surface area contributed by atoms with Crippen LogP contribution in [-0.2, 0) is 14.8 Å². The number of halogens is 2. The summed E-state index contributed by atoms with van der Waals surface area (Å²) in [6, 6.07) is 11.4. The van der Waals surface area contributed by atoms with Crippen molar-refractivity contribution < 1.29 is 8.42 Å². The Kier molecular flexibility index (Phi) is 3.24. The van der Waals surface area contributed by atoms with Crippen molar-refractivity contribution in [2.75, 3.05) is 0 Å². The summed E-state index contributed by atoms with van der Waals surface area (Å²) in [6.07, 6.45) is 0. The molecule has 2 aromatic carbocycles. The highest BCUT2D eigenvalue weighted by atomic mass is 79.9. The monoisotopic (exact) mass is 318 g/mol. The summed E-state index contributed by atoms with van der Waals surface area (Å²) in [5, 5.41) is 2.05. The summed E-state index contributed by atoms with van der Waals surface area (Å²) in [5.41, 5.74) is 0.681. The van der Waals surface area contributed by atoms with Gasteiger partial charge in [0.15, 0.2) is 0 Å². The first-order valence-corrected chi connectivity index (χ1v) is 7.82. The molecule has 84 valence electrons. The zero-order valence-electron chi connectivity index (χ0n) is 8.15. The number of fused-ring (bicyclic) bond motifs is 1. The lowest BCUT2D eigenvalue weighted by molar-refractivity contribution is 0.609. The van der Waals surface area contributed by atoms with Crippen LogP contribution >= 0.6 is 26.6 Å². The topological polar surface area (TPSA) is 34.1 Å². The second kappa shape index (κ2) is 4.35. The summed E-state index contributed by atoms with van der Waals surface area (Å²) in [4.78, 5) is 0. The minimum atomic E-state index is -3.51. The summed E-state index contributed by atoms with van der Waals surface area (Å²) in [6.45, 7) is 0. The van der Waals surface area contributed by atoms with Crippen LogP contribution in [0, 0.1) is 0 Å². The molecule has 0 aliphatic rings. The third-order valence-corrected chi connectivity index (χ3v) is 3.87. The van der Waals surface area contributed by atoms with Gasteiger partial charge in [-0.2, -0.15) is 0 Å².